The molecule has 2 aromatic carbocycles. The Morgan fingerprint density at radius 3 is 2.39 bits per heavy atom. The number of rotatable bonds is 2. The van der Waals surface area contributed by atoms with E-state index in [1.165, 1.54) is 0 Å². The van der Waals surface area contributed by atoms with E-state index in [1.807, 2.05) is 0 Å². The predicted molar refractivity (Wildman–Crippen MR) is 75.9 cm³/mol. The van der Waals surface area contributed by atoms with Crippen LogP contribution in [0.5, 0.6) is 0 Å². The summed E-state index contributed by atoms with van der Waals surface area (Å²) in [5.41, 5.74) is 6.72. The van der Waals surface area contributed by atoms with Gasteiger partial charge in [0.05, 0.1) is 21.5 Å². The van der Waals surface area contributed by atoms with Crippen molar-refractivity contribution >= 4 is 48.9 Å². The summed E-state index contributed by atoms with van der Waals surface area (Å²) in [6, 6.07) is 7.25. The molecule has 0 bridgehead atoms. The van der Waals surface area contributed by atoms with Gasteiger partial charge >= 0.3 is 0 Å². The molecule has 0 unspecified atom stereocenters. The standard InChI is InChI=1S/C12H8Br2F2N2/c13-6-1-2-10(17)12(3-6)18-11-5-8(15)7(14)4-9(11)16/h1-5,18H,17H2. The van der Waals surface area contributed by atoms with Crippen LogP contribution >= 0.6 is 31.9 Å². The van der Waals surface area contributed by atoms with Gasteiger partial charge in [0.2, 0.25) is 0 Å². The Kier molecular flexibility index (Phi) is 3.87. The van der Waals surface area contributed by atoms with Crippen molar-refractivity contribution in [2.45, 2.75) is 0 Å². The van der Waals surface area contributed by atoms with E-state index in [0.717, 1.165) is 16.6 Å². The third kappa shape index (κ3) is 2.81. The third-order valence-electron chi connectivity index (χ3n) is 2.29. The first-order chi connectivity index (χ1) is 8.47. The van der Waals surface area contributed by atoms with Gasteiger partial charge in [0.1, 0.15) is 11.6 Å². The second-order valence-corrected chi connectivity index (χ2v) is 5.37. The number of hydrogen-bond acceptors (Lipinski definition) is 2. The van der Waals surface area contributed by atoms with Crippen LogP contribution in [0.2, 0.25) is 0 Å². The van der Waals surface area contributed by atoms with Crippen LogP contribution in [0.15, 0.2) is 39.3 Å². The normalized spacial score (nSPS) is 10.4. The van der Waals surface area contributed by atoms with Crippen molar-refractivity contribution in [3.8, 4) is 0 Å². The summed E-state index contributed by atoms with van der Waals surface area (Å²) in [7, 11) is 0. The van der Waals surface area contributed by atoms with Gasteiger partial charge in [0.25, 0.3) is 0 Å². The Balaban J connectivity index is 2.40. The molecule has 0 heterocycles. The molecular weight excluding hydrogens is 370 g/mol. The van der Waals surface area contributed by atoms with Gasteiger partial charge in [-0.3, -0.25) is 0 Å². The lowest BCUT2D eigenvalue weighted by molar-refractivity contribution is 0.598. The average Bonchev–Trinajstić information content (AvgIpc) is 2.30. The van der Waals surface area contributed by atoms with Crippen LogP contribution in [0.25, 0.3) is 0 Å². The van der Waals surface area contributed by atoms with E-state index in [-0.39, 0.29) is 10.2 Å². The fourth-order valence-corrected chi connectivity index (χ4v) is 2.08. The zero-order valence-electron chi connectivity index (χ0n) is 8.98. The molecule has 2 rings (SSSR count). The van der Waals surface area contributed by atoms with E-state index < -0.39 is 11.6 Å². The molecule has 0 saturated heterocycles. The van der Waals surface area contributed by atoms with E-state index in [4.69, 9.17) is 5.73 Å². The molecule has 18 heavy (non-hydrogen) atoms. The fraction of sp³-hybridized carbons (Fsp3) is 0. The second-order valence-electron chi connectivity index (χ2n) is 3.60. The van der Waals surface area contributed by atoms with E-state index in [9.17, 15) is 8.78 Å². The minimum atomic E-state index is -0.567. The lowest BCUT2D eigenvalue weighted by Crippen LogP contribution is -1.99. The monoisotopic (exact) mass is 376 g/mol. The molecule has 0 aliphatic rings. The highest BCUT2D eigenvalue weighted by Crippen LogP contribution is 2.30. The highest BCUT2D eigenvalue weighted by molar-refractivity contribution is 9.10. The molecule has 0 saturated carbocycles. The molecule has 94 valence electrons. The van der Waals surface area contributed by atoms with E-state index in [0.29, 0.717) is 11.4 Å². The van der Waals surface area contributed by atoms with Gasteiger partial charge < -0.3 is 11.1 Å². The van der Waals surface area contributed by atoms with Gasteiger partial charge in [-0.05, 0) is 40.2 Å². The van der Waals surface area contributed by atoms with Crippen LogP contribution in [0.3, 0.4) is 0 Å². The quantitative estimate of drug-likeness (QED) is 0.581. The maximum absolute atomic E-state index is 13.6. The van der Waals surface area contributed by atoms with Crippen molar-refractivity contribution in [1.29, 1.82) is 0 Å². The number of anilines is 3. The molecule has 2 nitrogen and oxygen atoms in total. The summed E-state index contributed by atoms with van der Waals surface area (Å²) < 4.78 is 27.9. The Labute approximate surface area is 119 Å². The van der Waals surface area contributed by atoms with Crippen molar-refractivity contribution in [3.63, 3.8) is 0 Å². The molecule has 0 atom stereocenters. The molecule has 0 aromatic heterocycles. The first-order valence-corrected chi connectivity index (χ1v) is 6.52. The Morgan fingerprint density at radius 1 is 0.944 bits per heavy atom. The fourth-order valence-electron chi connectivity index (χ4n) is 1.40. The lowest BCUT2D eigenvalue weighted by Gasteiger charge is -2.11. The first-order valence-electron chi connectivity index (χ1n) is 4.94. The highest BCUT2D eigenvalue weighted by Gasteiger charge is 2.09. The Hall–Kier alpha value is -1.14. The van der Waals surface area contributed by atoms with Gasteiger partial charge in [-0.1, -0.05) is 15.9 Å². The average molecular weight is 378 g/mol. The summed E-state index contributed by atoms with van der Waals surface area (Å²) in [6.45, 7) is 0. The molecule has 0 fully saturated rings. The van der Waals surface area contributed by atoms with Crippen LogP contribution in [-0.2, 0) is 0 Å². The topological polar surface area (TPSA) is 38.0 Å². The number of benzene rings is 2. The molecule has 3 N–H and O–H groups in total. The number of hydrogen-bond donors (Lipinski definition) is 2. The number of nitrogen functional groups attached to an aromatic ring is 1. The SMILES string of the molecule is Nc1ccc(Br)cc1Nc1cc(F)c(Br)cc1F. The molecule has 0 radical (unpaired) electrons. The Morgan fingerprint density at radius 2 is 1.67 bits per heavy atom. The minimum Gasteiger partial charge on any atom is -0.397 e. The number of halogens is 4. The predicted octanol–water partition coefficient (Wildman–Crippen LogP) is 4.82. The maximum Gasteiger partial charge on any atom is 0.147 e. The van der Waals surface area contributed by atoms with Crippen LogP contribution in [-0.4, -0.2) is 0 Å². The first kappa shape index (κ1) is 13.3. The molecular formula is C12H8Br2F2N2. The molecule has 0 aliphatic carbocycles. The molecule has 0 aliphatic heterocycles. The van der Waals surface area contributed by atoms with Gasteiger partial charge in [-0.2, -0.15) is 0 Å². The summed E-state index contributed by atoms with van der Waals surface area (Å²) in [6.07, 6.45) is 0. The number of nitrogens with two attached hydrogens (primary N) is 1. The van der Waals surface area contributed by atoms with Crippen molar-refractivity contribution in [1.82, 2.24) is 0 Å². The summed E-state index contributed by atoms with van der Waals surface area (Å²) in [5.74, 6) is -1.12. The Bertz CT molecular complexity index is 603. The van der Waals surface area contributed by atoms with E-state index in [2.05, 4.69) is 37.2 Å². The van der Waals surface area contributed by atoms with Crippen LogP contribution in [0.4, 0.5) is 25.8 Å². The van der Waals surface area contributed by atoms with Crippen molar-refractivity contribution in [2.24, 2.45) is 0 Å². The largest absolute Gasteiger partial charge is 0.397 e. The van der Waals surface area contributed by atoms with Crippen LogP contribution in [0.1, 0.15) is 0 Å². The van der Waals surface area contributed by atoms with Gasteiger partial charge in [-0.15, -0.1) is 0 Å². The molecule has 6 heteroatoms. The minimum absolute atomic E-state index is 0.0282. The van der Waals surface area contributed by atoms with Gasteiger partial charge in [0, 0.05) is 10.5 Å². The van der Waals surface area contributed by atoms with E-state index >= 15 is 0 Å². The maximum atomic E-state index is 13.6. The lowest BCUT2D eigenvalue weighted by atomic mass is 10.2. The van der Waals surface area contributed by atoms with Gasteiger partial charge in [0.15, 0.2) is 0 Å². The van der Waals surface area contributed by atoms with Crippen molar-refractivity contribution in [3.05, 3.63) is 50.9 Å². The van der Waals surface area contributed by atoms with Crippen LogP contribution < -0.4 is 11.1 Å². The summed E-state index contributed by atoms with van der Waals surface area (Å²) in [4.78, 5) is 0. The third-order valence-corrected chi connectivity index (χ3v) is 3.40. The second kappa shape index (κ2) is 5.24. The van der Waals surface area contributed by atoms with Crippen molar-refractivity contribution in [2.75, 3.05) is 11.1 Å². The molecule has 0 spiro atoms. The smallest absolute Gasteiger partial charge is 0.147 e. The zero-order chi connectivity index (χ0) is 13.3. The number of nitrogens with one attached hydrogen (secondary N) is 1. The molecule has 2 aromatic rings. The highest BCUT2D eigenvalue weighted by atomic mass is 79.9. The summed E-state index contributed by atoms with van der Waals surface area (Å²) >= 11 is 6.20. The van der Waals surface area contributed by atoms with E-state index in [1.54, 1.807) is 18.2 Å². The van der Waals surface area contributed by atoms with Crippen molar-refractivity contribution < 1.29 is 8.78 Å². The van der Waals surface area contributed by atoms with Crippen LogP contribution in [0, 0.1) is 11.6 Å². The molecule has 0 amide bonds. The van der Waals surface area contributed by atoms with Gasteiger partial charge in [-0.25, -0.2) is 8.78 Å². The summed E-state index contributed by atoms with van der Waals surface area (Å²) in [5, 5.41) is 2.76. The zero-order valence-corrected chi connectivity index (χ0v) is 12.1.